The molecule has 0 radical (unpaired) electrons. The Morgan fingerprint density at radius 3 is 2.58 bits per heavy atom. The summed E-state index contributed by atoms with van der Waals surface area (Å²) < 4.78 is 0. The number of hydrogen-bond acceptors (Lipinski definition) is 5. The van der Waals surface area contributed by atoms with E-state index in [1.54, 1.807) is 6.08 Å². The topological polar surface area (TPSA) is 94.8 Å². The van der Waals surface area contributed by atoms with E-state index in [-0.39, 0.29) is 29.3 Å². The minimum Gasteiger partial charge on any atom is -0.511 e. The van der Waals surface area contributed by atoms with Gasteiger partial charge in [0.15, 0.2) is 11.6 Å². The zero-order chi connectivity index (χ0) is 18.9. The Morgan fingerprint density at radius 1 is 1.19 bits per heavy atom. The van der Waals surface area contributed by atoms with Crippen molar-refractivity contribution in [1.82, 2.24) is 0 Å². The predicted molar refractivity (Wildman–Crippen MR) is 95.1 cm³/mol. The van der Waals surface area contributed by atoms with E-state index in [2.05, 4.69) is 6.08 Å². The Labute approximate surface area is 153 Å². The summed E-state index contributed by atoms with van der Waals surface area (Å²) in [5.74, 6) is -0.238. The van der Waals surface area contributed by atoms with Crippen LogP contribution in [-0.4, -0.2) is 39.1 Å². The summed E-state index contributed by atoms with van der Waals surface area (Å²) in [5, 5.41) is 31.1. The molecule has 0 bridgehead atoms. The molecule has 0 aromatic carbocycles. The number of ketones is 2. The molecule has 2 saturated carbocycles. The van der Waals surface area contributed by atoms with Crippen molar-refractivity contribution in [3.8, 4) is 0 Å². The first-order valence-corrected chi connectivity index (χ1v) is 9.40. The summed E-state index contributed by atoms with van der Waals surface area (Å²) in [6.45, 7) is 3.32. The van der Waals surface area contributed by atoms with E-state index in [0.717, 1.165) is 12.0 Å². The van der Waals surface area contributed by atoms with Gasteiger partial charge in [0, 0.05) is 11.5 Å². The molecule has 4 aliphatic carbocycles. The van der Waals surface area contributed by atoms with E-state index in [9.17, 15) is 24.9 Å². The van der Waals surface area contributed by atoms with Crippen LogP contribution in [0.2, 0.25) is 0 Å². The Hall–Kier alpha value is -1.72. The zero-order valence-electron chi connectivity index (χ0n) is 15.2. The maximum atomic E-state index is 12.3. The van der Waals surface area contributed by atoms with Gasteiger partial charge in [-0.2, -0.15) is 0 Å². The number of rotatable bonds is 2. The highest BCUT2D eigenvalue weighted by atomic mass is 16.3. The summed E-state index contributed by atoms with van der Waals surface area (Å²) in [7, 11) is 0. The molecular formula is C21H26O5. The van der Waals surface area contributed by atoms with Gasteiger partial charge in [-0.1, -0.05) is 19.1 Å². The third kappa shape index (κ3) is 1.93. The van der Waals surface area contributed by atoms with E-state index in [0.29, 0.717) is 19.3 Å². The first-order valence-electron chi connectivity index (χ1n) is 9.40. The van der Waals surface area contributed by atoms with Crippen LogP contribution in [0.3, 0.4) is 0 Å². The van der Waals surface area contributed by atoms with Crippen molar-refractivity contribution in [2.75, 3.05) is 6.61 Å². The number of carbonyl (C=O) groups excluding carboxylic acids is 2. The molecule has 2 fully saturated rings. The van der Waals surface area contributed by atoms with Crippen LogP contribution in [0.25, 0.3) is 0 Å². The second-order valence-electron chi connectivity index (χ2n) is 8.82. The lowest BCUT2D eigenvalue weighted by Crippen LogP contribution is -2.57. The monoisotopic (exact) mass is 358 g/mol. The average Bonchev–Trinajstić information content (AvgIpc) is 2.88. The summed E-state index contributed by atoms with van der Waals surface area (Å²) in [6.07, 6.45) is 9.41. The molecule has 0 unspecified atom stereocenters. The molecule has 26 heavy (non-hydrogen) atoms. The first-order chi connectivity index (χ1) is 12.2. The van der Waals surface area contributed by atoms with Crippen molar-refractivity contribution in [2.24, 2.45) is 28.6 Å². The minimum atomic E-state index is -1.48. The van der Waals surface area contributed by atoms with Gasteiger partial charge in [0.2, 0.25) is 0 Å². The van der Waals surface area contributed by atoms with Gasteiger partial charge < -0.3 is 15.3 Å². The molecule has 3 N–H and O–H groups in total. The van der Waals surface area contributed by atoms with Crippen LogP contribution >= 0.6 is 0 Å². The average molecular weight is 358 g/mol. The number of allylic oxidation sites excluding steroid dienone is 5. The zero-order valence-corrected chi connectivity index (χ0v) is 15.2. The van der Waals surface area contributed by atoms with Gasteiger partial charge in [0.25, 0.3) is 0 Å². The van der Waals surface area contributed by atoms with Crippen LogP contribution in [0, 0.1) is 28.6 Å². The summed E-state index contributed by atoms with van der Waals surface area (Å²) in [6, 6.07) is 0. The normalized spacial score (nSPS) is 46.8. The molecule has 4 rings (SSSR count). The fraction of sp³-hybridized carbons (Fsp3) is 0.619. The van der Waals surface area contributed by atoms with Crippen LogP contribution in [0.1, 0.15) is 39.5 Å². The largest absolute Gasteiger partial charge is 0.511 e. The van der Waals surface area contributed by atoms with Gasteiger partial charge in [-0.05, 0) is 62.0 Å². The molecule has 0 aliphatic heterocycles. The number of Topliss-reactive ketones (excluding diaryl/α,β-unsaturated/α-hetero) is 1. The Morgan fingerprint density at radius 2 is 1.88 bits per heavy atom. The van der Waals surface area contributed by atoms with Gasteiger partial charge in [-0.15, -0.1) is 0 Å². The molecule has 0 aromatic heterocycles. The van der Waals surface area contributed by atoms with Crippen molar-refractivity contribution in [3.63, 3.8) is 0 Å². The van der Waals surface area contributed by atoms with Crippen molar-refractivity contribution in [3.05, 3.63) is 35.6 Å². The summed E-state index contributed by atoms with van der Waals surface area (Å²) >= 11 is 0. The molecule has 0 saturated heterocycles. The molecule has 4 aliphatic rings. The van der Waals surface area contributed by atoms with E-state index in [4.69, 9.17) is 0 Å². The van der Waals surface area contributed by atoms with Crippen molar-refractivity contribution < 1.29 is 24.9 Å². The number of carbonyl (C=O) groups is 2. The third-order valence-corrected chi connectivity index (χ3v) is 8.04. The number of aliphatic hydroxyl groups is 3. The second-order valence-corrected chi connectivity index (χ2v) is 8.82. The maximum Gasteiger partial charge on any atom is 0.190 e. The standard InChI is InChI=1S/C21H26O5/c1-19-7-5-16-14(15(19)6-8-21(19,26)18(25)11-22)4-3-12-9-13(23)10-17(24)20(12,16)2/h3-4,9-10,14-16,22,24,26H,5-8,11H2,1-2H3/t14-,15-,16-,19-,20-,21-/m0/s1. The first kappa shape index (κ1) is 17.7. The predicted octanol–water partition coefficient (Wildman–Crippen LogP) is 2.25. The molecule has 5 heteroatoms. The van der Waals surface area contributed by atoms with E-state index >= 15 is 0 Å². The van der Waals surface area contributed by atoms with E-state index in [1.807, 2.05) is 19.9 Å². The summed E-state index contributed by atoms with van der Waals surface area (Å²) in [5.41, 5.74) is -1.83. The molecule has 0 spiro atoms. The highest BCUT2D eigenvalue weighted by Gasteiger charge is 2.66. The van der Waals surface area contributed by atoms with Crippen LogP contribution in [0.5, 0.6) is 0 Å². The fourth-order valence-electron chi connectivity index (χ4n) is 6.36. The highest BCUT2D eigenvalue weighted by molar-refractivity contribution is 6.02. The van der Waals surface area contributed by atoms with Crippen LogP contribution in [0.4, 0.5) is 0 Å². The van der Waals surface area contributed by atoms with Gasteiger partial charge >= 0.3 is 0 Å². The Kier molecular flexibility index (Phi) is 3.67. The molecule has 0 heterocycles. The van der Waals surface area contributed by atoms with E-state index < -0.39 is 28.8 Å². The van der Waals surface area contributed by atoms with Gasteiger partial charge in [0.05, 0.1) is 5.41 Å². The SMILES string of the molecule is C[C@]12C(O)=CC(=O)C=C1C=C[C@@H]1[C@@H]2CC[C@@]2(C)[C@H]1CC[C@]2(O)C(=O)CO. The van der Waals surface area contributed by atoms with Gasteiger partial charge in [-0.3, -0.25) is 9.59 Å². The fourth-order valence-corrected chi connectivity index (χ4v) is 6.36. The Bertz CT molecular complexity index is 777. The summed E-state index contributed by atoms with van der Waals surface area (Å²) in [4.78, 5) is 24.1. The Balaban J connectivity index is 1.77. The smallest absolute Gasteiger partial charge is 0.190 e. The van der Waals surface area contributed by atoms with Crippen molar-refractivity contribution in [2.45, 2.75) is 45.1 Å². The lowest BCUT2D eigenvalue weighted by molar-refractivity contribution is -0.161. The lowest BCUT2D eigenvalue weighted by Gasteiger charge is -2.56. The van der Waals surface area contributed by atoms with Crippen LogP contribution in [0.15, 0.2) is 35.6 Å². The van der Waals surface area contributed by atoms with Crippen molar-refractivity contribution in [1.29, 1.82) is 0 Å². The number of fused-ring (bicyclic) bond motifs is 5. The van der Waals surface area contributed by atoms with Gasteiger partial charge in [-0.25, -0.2) is 0 Å². The van der Waals surface area contributed by atoms with Crippen LogP contribution < -0.4 is 0 Å². The third-order valence-electron chi connectivity index (χ3n) is 8.04. The molecule has 5 nitrogen and oxygen atoms in total. The molecule has 6 atom stereocenters. The maximum absolute atomic E-state index is 12.3. The van der Waals surface area contributed by atoms with Gasteiger partial charge in [0.1, 0.15) is 18.0 Å². The number of hydrogen-bond donors (Lipinski definition) is 3. The molecule has 0 amide bonds. The van der Waals surface area contributed by atoms with Crippen LogP contribution in [-0.2, 0) is 9.59 Å². The van der Waals surface area contributed by atoms with Crippen molar-refractivity contribution >= 4 is 11.6 Å². The number of aliphatic hydroxyl groups excluding tert-OH is 2. The molecule has 140 valence electrons. The van der Waals surface area contributed by atoms with E-state index in [1.165, 1.54) is 6.08 Å². The highest BCUT2D eigenvalue weighted by Crippen LogP contribution is 2.66. The minimum absolute atomic E-state index is 0.0989. The molecule has 0 aromatic rings. The quantitative estimate of drug-likeness (QED) is 0.704. The molecular weight excluding hydrogens is 332 g/mol. The second kappa shape index (κ2) is 5.40. The lowest BCUT2D eigenvalue weighted by atomic mass is 9.48.